The van der Waals surface area contributed by atoms with Gasteiger partial charge in [0.15, 0.2) is 11.2 Å². The van der Waals surface area contributed by atoms with Crippen molar-refractivity contribution in [2.45, 2.75) is 90.3 Å². The Morgan fingerprint density at radius 1 is 0.385 bits per heavy atom. The van der Waals surface area contributed by atoms with E-state index >= 15 is 0 Å². The molecule has 0 aliphatic carbocycles. The zero-order valence-electron chi connectivity index (χ0n) is 31.3. The number of ether oxygens (including phenoxy) is 4. The molecule has 0 radical (unpaired) electrons. The van der Waals surface area contributed by atoms with Gasteiger partial charge < -0.3 is 29.2 Å². The fourth-order valence-electron chi connectivity index (χ4n) is 5.37. The fourth-order valence-corrected chi connectivity index (χ4v) is 5.37. The second-order valence-corrected chi connectivity index (χ2v) is 12.8. The Labute approximate surface area is 311 Å². The minimum Gasteiger partial charge on any atom is -0.494 e. The van der Waals surface area contributed by atoms with Crippen molar-refractivity contribution in [2.75, 3.05) is 26.4 Å². The van der Waals surface area contributed by atoms with E-state index in [0.717, 1.165) is 74.4 Å². The molecule has 274 valence electrons. The molecule has 0 heterocycles. The van der Waals surface area contributed by atoms with Gasteiger partial charge in [-0.25, -0.2) is 0 Å². The van der Waals surface area contributed by atoms with Crippen LogP contribution in [-0.4, -0.2) is 36.6 Å². The molecule has 0 bridgehead atoms. The van der Waals surface area contributed by atoms with Crippen LogP contribution in [0.3, 0.4) is 0 Å². The molecule has 4 aromatic rings. The van der Waals surface area contributed by atoms with Crippen LogP contribution in [0.15, 0.2) is 97.1 Å². The Bertz CT molecular complexity index is 1500. The van der Waals surface area contributed by atoms with Gasteiger partial charge >= 0.3 is 0 Å². The lowest BCUT2D eigenvalue weighted by Gasteiger charge is -2.24. The van der Waals surface area contributed by atoms with Crippen LogP contribution in [0.25, 0.3) is 0 Å². The molecule has 0 fully saturated rings. The maximum atomic E-state index is 12.3. The van der Waals surface area contributed by atoms with Crippen molar-refractivity contribution in [3.8, 4) is 46.7 Å². The second kappa shape index (κ2) is 20.8. The van der Waals surface area contributed by atoms with Crippen molar-refractivity contribution in [3.05, 3.63) is 119 Å². The normalized spacial score (nSPS) is 11.1. The van der Waals surface area contributed by atoms with Crippen LogP contribution < -0.4 is 18.9 Å². The minimum absolute atomic E-state index is 0.567. The van der Waals surface area contributed by atoms with Gasteiger partial charge in [0.05, 0.1) is 26.4 Å². The highest BCUT2D eigenvalue weighted by molar-refractivity contribution is 5.52. The first-order valence-corrected chi connectivity index (χ1v) is 18.8. The summed E-state index contributed by atoms with van der Waals surface area (Å²) in [5.41, 5.74) is -1.14. The van der Waals surface area contributed by atoms with Gasteiger partial charge in [-0.05, 0) is 97.9 Å². The van der Waals surface area contributed by atoms with E-state index in [9.17, 15) is 10.2 Å². The van der Waals surface area contributed by atoms with Gasteiger partial charge in [0.1, 0.15) is 23.0 Å². The van der Waals surface area contributed by atoms with E-state index in [1.54, 1.807) is 0 Å². The summed E-state index contributed by atoms with van der Waals surface area (Å²) in [5, 5.41) is 24.5. The van der Waals surface area contributed by atoms with Crippen LogP contribution in [0.4, 0.5) is 0 Å². The summed E-state index contributed by atoms with van der Waals surface area (Å²) in [6.07, 6.45) is 8.01. The Kier molecular flexibility index (Phi) is 16.0. The van der Waals surface area contributed by atoms with E-state index in [0.29, 0.717) is 48.7 Å². The van der Waals surface area contributed by atoms with Crippen molar-refractivity contribution in [3.63, 3.8) is 0 Å². The van der Waals surface area contributed by atoms with Gasteiger partial charge in [0.2, 0.25) is 0 Å². The molecule has 0 aliphatic rings. The van der Waals surface area contributed by atoms with Crippen LogP contribution >= 0.6 is 0 Å². The Hall–Kier alpha value is -4.88. The first-order chi connectivity index (χ1) is 25.4. The van der Waals surface area contributed by atoms with Gasteiger partial charge in [-0.3, -0.25) is 0 Å². The lowest BCUT2D eigenvalue weighted by Crippen LogP contribution is -2.26. The Morgan fingerprint density at radius 3 is 0.788 bits per heavy atom. The van der Waals surface area contributed by atoms with Crippen molar-refractivity contribution < 1.29 is 29.2 Å². The maximum Gasteiger partial charge on any atom is 0.177 e. The van der Waals surface area contributed by atoms with E-state index in [4.69, 9.17) is 18.9 Å². The molecule has 2 N–H and O–H groups in total. The highest BCUT2D eigenvalue weighted by atomic mass is 16.5. The van der Waals surface area contributed by atoms with Gasteiger partial charge in [-0.2, -0.15) is 0 Å². The molecule has 0 saturated carbocycles. The van der Waals surface area contributed by atoms with E-state index in [1.807, 2.05) is 97.1 Å². The third kappa shape index (κ3) is 11.3. The standard InChI is InChI=1S/C46H54O6/c1-5-9-33-49-41-23-15-37(16-24-41)45(47,38-17-25-42(26-18-38)50-34-10-6-2)31-13-14-32-46(48,39-19-27-43(28-20-39)51-35-11-7-3)40-21-29-44(30-22-40)52-36-12-8-4/h15-30,47-48H,5-12,33-36H2,1-4H3. The number of rotatable bonds is 20. The molecule has 52 heavy (non-hydrogen) atoms. The molecular weight excluding hydrogens is 649 g/mol. The molecule has 0 saturated heterocycles. The summed E-state index contributed by atoms with van der Waals surface area (Å²) in [5.74, 6) is 14.7. The van der Waals surface area contributed by atoms with E-state index in [-0.39, 0.29) is 0 Å². The number of hydrogen-bond donors (Lipinski definition) is 2. The lowest BCUT2D eigenvalue weighted by atomic mass is 9.86. The van der Waals surface area contributed by atoms with Crippen LogP contribution in [0, 0.1) is 23.7 Å². The monoisotopic (exact) mass is 702 g/mol. The molecular formula is C46H54O6. The second-order valence-electron chi connectivity index (χ2n) is 12.8. The molecule has 4 rings (SSSR count). The van der Waals surface area contributed by atoms with E-state index in [2.05, 4.69) is 51.4 Å². The zero-order valence-corrected chi connectivity index (χ0v) is 31.3. The molecule has 6 heteroatoms. The van der Waals surface area contributed by atoms with Crippen LogP contribution in [0.5, 0.6) is 23.0 Å². The molecule has 4 aromatic carbocycles. The fraction of sp³-hybridized carbons (Fsp3) is 0.391. The van der Waals surface area contributed by atoms with Crippen LogP contribution in [0.1, 0.15) is 101 Å². The largest absolute Gasteiger partial charge is 0.494 e. The number of unbranched alkanes of at least 4 members (excludes halogenated alkanes) is 4. The average Bonchev–Trinajstić information content (AvgIpc) is 3.18. The molecule has 0 spiro atoms. The summed E-state index contributed by atoms with van der Waals surface area (Å²) in [6, 6.07) is 29.3. The smallest absolute Gasteiger partial charge is 0.177 e. The highest BCUT2D eigenvalue weighted by Crippen LogP contribution is 2.33. The molecule has 0 aromatic heterocycles. The molecule has 0 unspecified atom stereocenters. The minimum atomic E-state index is -1.70. The molecule has 6 nitrogen and oxygen atoms in total. The third-order valence-corrected chi connectivity index (χ3v) is 8.70. The Balaban J connectivity index is 1.71. The van der Waals surface area contributed by atoms with Crippen molar-refractivity contribution in [1.29, 1.82) is 0 Å². The average molecular weight is 703 g/mol. The van der Waals surface area contributed by atoms with Crippen molar-refractivity contribution >= 4 is 0 Å². The van der Waals surface area contributed by atoms with Gasteiger partial charge in [0.25, 0.3) is 0 Å². The predicted molar refractivity (Wildman–Crippen MR) is 209 cm³/mol. The third-order valence-electron chi connectivity index (χ3n) is 8.70. The predicted octanol–water partition coefficient (Wildman–Crippen LogP) is 9.58. The first-order valence-electron chi connectivity index (χ1n) is 18.8. The number of hydrogen-bond acceptors (Lipinski definition) is 6. The van der Waals surface area contributed by atoms with E-state index < -0.39 is 11.2 Å². The topological polar surface area (TPSA) is 77.4 Å². The number of benzene rings is 4. The Morgan fingerprint density at radius 2 is 0.596 bits per heavy atom. The maximum absolute atomic E-state index is 12.3. The quantitative estimate of drug-likeness (QED) is 0.0706. The van der Waals surface area contributed by atoms with Gasteiger partial charge in [0, 0.05) is 22.3 Å². The summed E-state index contributed by atoms with van der Waals surface area (Å²) in [6.45, 7) is 11.0. The lowest BCUT2D eigenvalue weighted by molar-refractivity contribution is 0.144. The van der Waals surface area contributed by atoms with Crippen molar-refractivity contribution in [1.82, 2.24) is 0 Å². The van der Waals surface area contributed by atoms with Crippen LogP contribution in [-0.2, 0) is 11.2 Å². The summed E-state index contributed by atoms with van der Waals surface area (Å²) in [7, 11) is 0. The van der Waals surface area contributed by atoms with E-state index in [1.165, 1.54) is 0 Å². The summed E-state index contributed by atoms with van der Waals surface area (Å²) >= 11 is 0. The first kappa shape index (κ1) is 39.9. The summed E-state index contributed by atoms with van der Waals surface area (Å²) in [4.78, 5) is 0. The van der Waals surface area contributed by atoms with Crippen molar-refractivity contribution in [2.24, 2.45) is 0 Å². The SMILES string of the molecule is CCCCOc1ccc(C(O)(C#CC#CC(O)(c2ccc(OCCCC)cc2)c2ccc(OCCCC)cc2)c2ccc(OCCCC)cc2)cc1. The molecule has 0 aliphatic heterocycles. The summed E-state index contributed by atoms with van der Waals surface area (Å²) < 4.78 is 23.5. The highest BCUT2D eigenvalue weighted by Gasteiger charge is 2.31. The van der Waals surface area contributed by atoms with Gasteiger partial charge in [-0.1, -0.05) is 102 Å². The number of aliphatic hydroxyl groups is 2. The zero-order chi connectivity index (χ0) is 37.1. The van der Waals surface area contributed by atoms with Crippen LogP contribution in [0.2, 0.25) is 0 Å². The molecule has 0 atom stereocenters. The van der Waals surface area contributed by atoms with Gasteiger partial charge in [-0.15, -0.1) is 0 Å². The molecule has 0 amide bonds.